The van der Waals surface area contributed by atoms with Crippen LogP contribution in [0.2, 0.25) is 0 Å². The van der Waals surface area contributed by atoms with Crippen molar-refractivity contribution in [3.8, 4) is 5.75 Å². The van der Waals surface area contributed by atoms with E-state index in [1.54, 1.807) is 45.3 Å². The number of nitrogens with two attached hydrogens (primary N) is 1. The molecule has 0 aliphatic heterocycles. The number of likely N-dealkylation sites (N-methyl/N-ethyl adjacent to an activating group) is 1. The first kappa shape index (κ1) is 21.5. The fourth-order valence-electron chi connectivity index (χ4n) is 2.11. The van der Waals surface area contributed by atoms with Crippen molar-refractivity contribution in [2.24, 2.45) is 5.73 Å². The van der Waals surface area contributed by atoms with E-state index in [4.69, 9.17) is 10.5 Å². The van der Waals surface area contributed by atoms with E-state index in [1.807, 2.05) is 30.3 Å². The molecule has 2 amide bonds. The number of amides is 2. The average molecular weight is 378 g/mol. The highest BCUT2D eigenvalue weighted by molar-refractivity contribution is 5.98. The second-order valence-electron chi connectivity index (χ2n) is 6.13. The number of anilines is 1. The highest BCUT2D eigenvalue weighted by Gasteiger charge is 2.30. The Labute approximate surface area is 159 Å². The number of hydrogen-bond donors (Lipinski definition) is 2. The number of nitrogens with zero attached hydrogens (tertiary/aromatic N) is 1. The number of rotatable bonds is 6. The van der Waals surface area contributed by atoms with Gasteiger partial charge in [0.15, 0.2) is 6.61 Å². The maximum atomic E-state index is 12.6. The average Bonchev–Trinajstić information content (AvgIpc) is 2.60. The molecule has 0 aliphatic rings. The van der Waals surface area contributed by atoms with Crippen LogP contribution < -0.4 is 15.8 Å². The molecule has 0 heterocycles. The van der Waals surface area contributed by atoms with Gasteiger partial charge in [-0.25, -0.2) is 0 Å². The number of halogens is 1. The van der Waals surface area contributed by atoms with E-state index in [-0.39, 0.29) is 30.8 Å². The van der Waals surface area contributed by atoms with E-state index in [0.29, 0.717) is 11.4 Å². The van der Waals surface area contributed by atoms with E-state index in [0.717, 1.165) is 5.56 Å². The van der Waals surface area contributed by atoms with Gasteiger partial charge in [-0.15, -0.1) is 12.4 Å². The lowest BCUT2D eigenvalue weighted by Crippen LogP contribution is -2.45. The first-order valence-electron chi connectivity index (χ1n) is 7.89. The van der Waals surface area contributed by atoms with Crippen LogP contribution in [0, 0.1) is 0 Å². The Balaban J connectivity index is 0.00000338. The fraction of sp³-hybridized carbons (Fsp3) is 0.263. The van der Waals surface area contributed by atoms with Gasteiger partial charge in [0.2, 0.25) is 5.91 Å². The van der Waals surface area contributed by atoms with Gasteiger partial charge in [-0.05, 0) is 24.6 Å². The first-order valence-corrected chi connectivity index (χ1v) is 7.89. The SMILES string of the molecule is CN(C)C(=O)COc1cccc(NC(=O)C(C)(N)c2ccccc2)c1.Cl. The molecule has 0 aromatic heterocycles. The van der Waals surface area contributed by atoms with Crippen molar-refractivity contribution < 1.29 is 14.3 Å². The maximum absolute atomic E-state index is 12.6. The largest absolute Gasteiger partial charge is 0.484 e. The Morgan fingerprint density at radius 3 is 2.38 bits per heavy atom. The standard InChI is InChI=1S/C19H23N3O3.ClH/c1-19(20,14-8-5-4-6-9-14)18(24)21-15-10-7-11-16(12-15)25-13-17(23)22(2)3;/h4-12H,13,20H2,1-3H3,(H,21,24);1H. The number of carbonyl (C=O) groups excluding carboxylic acids is 2. The molecule has 6 nitrogen and oxygen atoms in total. The first-order chi connectivity index (χ1) is 11.8. The van der Waals surface area contributed by atoms with Crippen molar-refractivity contribution >= 4 is 29.9 Å². The molecule has 0 radical (unpaired) electrons. The predicted octanol–water partition coefficient (Wildman–Crippen LogP) is 2.39. The molecule has 2 aromatic rings. The predicted molar refractivity (Wildman–Crippen MR) is 104 cm³/mol. The van der Waals surface area contributed by atoms with Gasteiger partial charge < -0.3 is 20.7 Å². The zero-order valence-corrected chi connectivity index (χ0v) is 15.9. The molecule has 0 aliphatic carbocycles. The van der Waals surface area contributed by atoms with Crippen molar-refractivity contribution in [3.05, 3.63) is 60.2 Å². The summed E-state index contributed by atoms with van der Waals surface area (Å²) in [5, 5.41) is 2.79. The molecule has 0 fully saturated rings. The summed E-state index contributed by atoms with van der Waals surface area (Å²) in [6, 6.07) is 16.0. The summed E-state index contributed by atoms with van der Waals surface area (Å²) in [4.78, 5) is 25.6. The Morgan fingerprint density at radius 1 is 1.12 bits per heavy atom. The van der Waals surface area contributed by atoms with E-state index >= 15 is 0 Å². The molecule has 140 valence electrons. The highest BCUT2D eigenvalue weighted by Crippen LogP contribution is 2.22. The van der Waals surface area contributed by atoms with Crippen molar-refractivity contribution in [1.82, 2.24) is 4.90 Å². The monoisotopic (exact) mass is 377 g/mol. The maximum Gasteiger partial charge on any atom is 0.259 e. The lowest BCUT2D eigenvalue weighted by molar-refractivity contribution is -0.130. The Hall–Kier alpha value is -2.57. The summed E-state index contributed by atoms with van der Waals surface area (Å²) in [5.41, 5.74) is 6.31. The zero-order chi connectivity index (χ0) is 18.4. The quantitative estimate of drug-likeness (QED) is 0.809. The summed E-state index contributed by atoms with van der Waals surface area (Å²) in [6.07, 6.45) is 0. The van der Waals surface area contributed by atoms with Crippen LogP contribution in [-0.4, -0.2) is 37.4 Å². The van der Waals surface area contributed by atoms with Crippen LogP contribution in [0.25, 0.3) is 0 Å². The van der Waals surface area contributed by atoms with Gasteiger partial charge in [-0.1, -0.05) is 36.4 Å². The number of benzene rings is 2. The molecule has 0 saturated heterocycles. The summed E-state index contributed by atoms with van der Waals surface area (Å²) in [7, 11) is 3.32. The van der Waals surface area contributed by atoms with Crippen LogP contribution in [-0.2, 0) is 15.1 Å². The van der Waals surface area contributed by atoms with E-state index in [9.17, 15) is 9.59 Å². The zero-order valence-electron chi connectivity index (χ0n) is 15.1. The molecule has 0 bridgehead atoms. The van der Waals surface area contributed by atoms with Gasteiger partial charge in [-0.2, -0.15) is 0 Å². The van der Waals surface area contributed by atoms with Gasteiger partial charge >= 0.3 is 0 Å². The van der Waals surface area contributed by atoms with Crippen molar-refractivity contribution in [3.63, 3.8) is 0 Å². The van der Waals surface area contributed by atoms with E-state index in [2.05, 4.69) is 5.32 Å². The normalized spacial score (nSPS) is 12.3. The minimum Gasteiger partial charge on any atom is -0.484 e. The van der Waals surface area contributed by atoms with Crippen LogP contribution in [0.15, 0.2) is 54.6 Å². The summed E-state index contributed by atoms with van der Waals surface area (Å²) >= 11 is 0. The smallest absolute Gasteiger partial charge is 0.259 e. The summed E-state index contributed by atoms with van der Waals surface area (Å²) in [5.74, 6) is 0.0136. The third kappa shape index (κ3) is 5.47. The number of hydrogen-bond acceptors (Lipinski definition) is 4. The topological polar surface area (TPSA) is 84.7 Å². The highest BCUT2D eigenvalue weighted by atomic mass is 35.5. The van der Waals surface area contributed by atoms with Gasteiger partial charge in [0.25, 0.3) is 5.91 Å². The Morgan fingerprint density at radius 2 is 1.77 bits per heavy atom. The van der Waals surface area contributed by atoms with Gasteiger partial charge in [-0.3, -0.25) is 9.59 Å². The van der Waals surface area contributed by atoms with E-state index in [1.165, 1.54) is 4.90 Å². The summed E-state index contributed by atoms with van der Waals surface area (Å²) < 4.78 is 5.45. The third-order valence-electron chi connectivity index (χ3n) is 3.80. The van der Waals surface area contributed by atoms with Crippen LogP contribution in [0.1, 0.15) is 12.5 Å². The van der Waals surface area contributed by atoms with Crippen LogP contribution in [0.5, 0.6) is 5.75 Å². The van der Waals surface area contributed by atoms with Gasteiger partial charge in [0.1, 0.15) is 11.3 Å². The van der Waals surface area contributed by atoms with E-state index < -0.39 is 5.54 Å². The number of ether oxygens (including phenoxy) is 1. The number of nitrogens with one attached hydrogen (secondary N) is 1. The third-order valence-corrected chi connectivity index (χ3v) is 3.80. The molecule has 0 saturated carbocycles. The summed E-state index contributed by atoms with van der Waals surface area (Å²) in [6.45, 7) is 1.59. The van der Waals surface area contributed by atoms with Crippen LogP contribution >= 0.6 is 12.4 Å². The van der Waals surface area contributed by atoms with Crippen molar-refractivity contribution in [1.29, 1.82) is 0 Å². The Bertz CT molecular complexity index is 749. The molecule has 2 rings (SSSR count). The molecule has 7 heteroatoms. The second-order valence-corrected chi connectivity index (χ2v) is 6.13. The minimum absolute atomic E-state index is 0. The minimum atomic E-state index is -1.17. The fourth-order valence-corrected chi connectivity index (χ4v) is 2.11. The molecule has 26 heavy (non-hydrogen) atoms. The van der Waals surface area contributed by atoms with Gasteiger partial charge in [0.05, 0.1) is 0 Å². The lowest BCUT2D eigenvalue weighted by atomic mass is 9.92. The molecular weight excluding hydrogens is 354 g/mol. The Kier molecular flexibility index (Phi) is 7.61. The van der Waals surface area contributed by atoms with Crippen molar-refractivity contribution in [2.75, 3.05) is 26.0 Å². The van der Waals surface area contributed by atoms with Crippen molar-refractivity contribution in [2.45, 2.75) is 12.5 Å². The molecule has 1 atom stereocenters. The van der Waals surface area contributed by atoms with Crippen LogP contribution in [0.3, 0.4) is 0 Å². The second kappa shape index (κ2) is 9.22. The number of carbonyl (C=O) groups is 2. The molecule has 3 N–H and O–H groups in total. The lowest BCUT2D eigenvalue weighted by Gasteiger charge is -2.24. The van der Waals surface area contributed by atoms with Gasteiger partial charge in [0, 0.05) is 25.8 Å². The molecule has 1 unspecified atom stereocenters. The molecular formula is C19H24ClN3O3. The molecule has 2 aromatic carbocycles. The molecule has 0 spiro atoms. The van der Waals surface area contributed by atoms with Crippen LogP contribution in [0.4, 0.5) is 5.69 Å².